The fourth-order valence-corrected chi connectivity index (χ4v) is 3.49. The van der Waals surface area contributed by atoms with Gasteiger partial charge in [-0.3, -0.25) is 5.32 Å². The monoisotopic (exact) mass is 503 g/mol. The van der Waals surface area contributed by atoms with Crippen molar-refractivity contribution < 1.29 is 19.0 Å². The van der Waals surface area contributed by atoms with Gasteiger partial charge in [0.25, 0.3) is 0 Å². The van der Waals surface area contributed by atoms with Crippen molar-refractivity contribution in [2.45, 2.75) is 39.7 Å². The quantitative estimate of drug-likeness (QED) is 0.273. The fourth-order valence-electron chi connectivity index (χ4n) is 3.49. The first-order chi connectivity index (χ1) is 17.7. The molecule has 3 N–H and O–H groups in total. The molecule has 1 amide bonds. The molecule has 3 rings (SSSR count). The third-order valence-electron chi connectivity index (χ3n) is 5.10. The van der Waals surface area contributed by atoms with Crippen LogP contribution in [-0.4, -0.2) is 37.0 Å². The molecule has 37 heavy (non-hydrogen) atoms. The summed E-state index contributed by atoms with van der Waals surface area (Å²) < 4.78 is 16.0. The molecule has 0 aliphatic heterocycles. The minimum absolute atomic E-state index is 0.412. The van der Waals surface area contributed by atoms with E-state index in [4.69, 9.17) is 14.2 Å². The lowest BCUT2D eigenvalue weighted by Crippen LogP contribution is -2.27. The number of carbonyl (C=O) groups excluding carboxylic acids is 1. The number of amides is 1. The van der Waals surface area contributed by atoms with E-state index in [1.54, 1.807) is 40.0 Å². The molecule has 0 aliphatic carbocycles. The third-order valence-corrected chi connectivity index (χ3v) is 5.10. The summed E-state index contributed by atoms with van der Waals surface area (Å²) in [5, 5.41) is 19.2. The number of nitrogens with one attached hydrogen (secondary N) is 3. The average Bonchev–Trinajstić information content (AvgIpc) is 2.84. The second kappa shape index (κ2) is 12.6. The summed E-state index contributed by atoms with van der Waals surface area (Å²) in [5.41, 5.74) is 3.41. The molecule has 1 aromatic heterocycles. The summed E-state index contributed by atoms with van der Waals surface area (Å²) in [6.45, 7) is 8.41. The van der Waals surface area contributed by atoms with Crippen molar-refractivity contribution in [2.75, 3.05) is 36.3 Å². The highest BCUT2D eigenvalue weighted by Crippen LogP contribution is 2.32. The normalized spacial score (nSPS) is 10.8. The lowest BCUT2D eigenvalue weighted by atomic mass is 10.1. The molecule has 2 aromatic carbocycles. The van der Waals surface area contributed by atoms with Crippen LogP contribution in [0.3, 0.4) is 0 Å². The van der Waals surface area contributed by atoms with Crippen LogP contribution < -0.4 is 20.7 Å². The van der Waals surface area contributed by atoms with E-state index in [1.807, 2.05) is 43.3 Å². The molecule has 1 heterocycles. The smallest absolute Gasteiger partial charge is 0.412 e. The maximum atomic E-state index is 12.2. The molecule has 0 spiro atoms. The van der Waals surface area contributed by atoms with Gasteiger partial charge in [-0.15, -0.1) is 0 Å². The zero-order valence-corrected chi connectivity index (χ0v) is 21.8. The first kappa shape index (κ1) is 27.3. The second-order valence-electron chi connectivity index (χ2n) is 9.16. The Morgan fingerprint density at radius 2 is 1.76 bits per heavy atom. The summed E-state index contributed by atoms with van der Waals surface area (Å²) in [7, 11) is 1.63. The largest absolute Gasteiger partial charge is 0.491 e. The number of nitriles is 1. The molecule has 9 nitrogen and oxygen atoms in total. The van der Waals surface area contributed by atoms with E-state index in [0.717, 1.165) is 17.0 Å². The Kier molecular flexibility index (Phi) is 9.30. The molecule has 3 aromatic rings. The number of hydrogen-bond acceptors (Lipinski definition) is 8. The topological polar surface area (TPSA) is 118 Å². The molecule has 194 valence electrons. The van der Waals surface area contributed by atoms with Gasteiger partial charge in [-0.2, -0.15) is 5.26 Å². The number of ether oxygens (including phenoxy) is 3. The standard InChI is InChI=1S/C28H33N5O4/c1-6-24-25(31-21-8-7-9-22(16-21)33-27(34)37-28(2,3)4)19(17-29)18-30-26(24)32-20-10-12-23(13-11-20)36-15-14-35-5/h7-13,16,18H,6,14-15H2,1-5H3,(H,33,34)(H2,30,31,32). The molecular formula is C28H33N5O4. The van der Waals surface area contributed by atoms with Crippen molar-refractivity contribution in [1.29, 1.82) is 5.26 Å². The molecular weight excluding hydrogens is 470 g/mol. The van der Waals surface area contributed by atoms with Gasteiger partial charge in [-0.25, -0.2) is 9.78 Å². The van der Waals surface area contributed by atoms with E-state index in [-0.39, 0.29) is 0 Å². The summed E-state index contributed by atoms with van der Waals surface area (Å²) in [5.74, 6) is 1.38. The van der Waals surface area contributed by atoms with Crippen LogP contribution >= 0.6 is 0 Å². The van der Waals surface area contributed by atoms with Crippen molar-refractivity contribution in [1.82, 2.24) is 4.98 Å². The second-order valence-corrected chi connectivity index (χ2v) is 9.16. The number of rotatable bonds is 10. The van der Waals surface area contributed by atoms with Gasteiger partial charge in [0.2, 0.25) is 0 Å². The van der Waals surface area contributed by atoms with E-state index in [2.05, 4.69) is 27.0 Å². The first-order valence-electron chi connectivity index (χ1n) is 12.0. The number of methoxy groups -OCH3 is 1. The van der Waals surface area contributed by atoms with Gasteiger partial charge >= 0.3 is 6.09 Å². The Balaban J connectivity index is 1.81. The maximum absolute atomic E-state index is 12.2. The number of aromatic nitrogens is 1. The van der Waals surface area contributed by atoms with Crippen molar-refractivity contribution in [3.63, 3.8) is 0 Å². The molecule has 0 radical (unpaired) electrons. The lowest BCUT2D eigenvalue weighted by Gasteiger charge is -2.20. The number of carbonyl (C=O) groups is 1. The summed E-state index contributed by atoms with van der Waals surface area (Å²) in [4.78, 5) is 16.7. The van der Waals surface area contributed by atoms with E-state index in [9.17, 15) is 10.1 Å². The Bertz CT molecular complexity index is 1250. The highest BCUT2D eigenvalue weighted by atomic mass is 16.6. The van der Waals surface area contributed by atoms with Crippen LogP contribution in [0.2, 0.25) is 0 Å². The summed E-state index contributed by atoms with van der Waals surface area (Å²) in [6.07, 6.45) is 1.62. The minimum atomic E-state index is -0.602. The van der Waals surface area contributed by atoms with Crippen LogP contribution in [0, 0.1) is 11.3 Å². The molecule has 0 atom stereocenters. The Morgan fingerprint density at radius 3 is 2.41 bits per heavy atom. The molecule has 9 heteroatoms. The van der Waals surface area contributed by atoms with Crippen molar-refractivity contribution in [3.8, 4) is 11.8 Å². The number of hydrogen-bond donors (Lipinski definition) is 3. The van der Waals surface area contributed by atoms with Crippen LogP contribution in [0.1, 0.15) is 38.8 Å². The first-order valence-corrected chi connectivity index (χ1v) is 12.0. The van der Waals surface area contributed by atoms with Gasteiger partial charge in [0.1, 0.15) is 29.8 Å². The number of pyridine rings is 1. The Morgan fingerprint density at radius 1 is 1.03 bits per heavy atom. The Hall–Kier alpha value is -4.29. The van der Waals surface area contributed by atoms with Crippen molar-refractivity contribution in [3.05, 3.63) is 65.9 Å². The third kappa shape index (κ3) is 8.12. The zero-order valence-electron chi connectivity index (χ0n) is 21.8. The van der Waals surface area contributed by atoms with Crippen molar-refractivity contribution in [2.24, 2.45) is 0 Å². The van der Waals surface area contributed by atoms with Crippen LogP contribution in [0.4, 0.5) is 33.4 Å². The maximum Gasteiger partial charge on any atom is 0.412 e. The molecule has 0 saturated carbocycles. The molecule has 0 unspecified atom stereocenters. The zero-order chi connectivity index (χ0) is 26.8. The van der Waals surface area contributed by atoms with E-state index in [0.29, 0.717) is 48.1 Å². The predicted octanol–water partition coefficient (Wildman–Crippen LogP) is 6.38. The lowest BCUT2D eigenvalue weighted by molar-refractivity contribution is 0.0636. The van der Waals surface area contributed by atoms with Crippen LogP contribution in [0.5, 0.6) is 5.75 Å². The average molecular weight is 504 g/mol. The molecule has 0 saturated heterocycles. The number of anilines is 5. The highest BCUT2D eigenvalue weighted by molar-refractivity contribution is 5.86. The van der Waals surface area contributed by atoms with E-state index in [1.165, 1.54) is 6.20 Å². The fraction of sp³-hybridized carbons (Fsp3) is 0.321. The number of benzene rings is 2. The SMILES string of the molecule is CCc1c(Nc2ccc(OCCOC)cc2)ncc(C#N)c1Nc1cccc(NC(=O)OC(C)(C)C)c1. The van der Waals surface area contributed by atoms with Crippen LogP contribution in [0.15, 0.2) is 54.7 Å². The van der Waals surface area contributed by atoms with Gasteiger partial charge in [-0.1, -0.05) is 13.0 Å². The molecule has 0 aliphatic rings. The van der Waals surface area contributed by atoms with E-state index < -0.39 is 11.7 Å². The van der Waals surface area contributed by atoms with Gasteiger partial charge in [-0.05, 0) is 69.7 Å². The van der Waals surface area contributed by atoms with Crippen molar-refractivity contribution >= 4 is 34.7 Å². The van der Waals surface area contributed by atoms with Crippen LogP contribution in [-0.2, 0) is 15.9 Å². The summed E-state index contributed by atoms with van der Waals surface area (Å²) >= 11 is 0. The minimum Gasteiger partial charge on any atom is -0.491 e. The molecule has 0 fully saturated rings. The van der Waals surface area contributed by atoms with E-state index >= 15 is 0 Å². The highest BCUT2D eigenvalue weighted by Gasteiger charge is 2.17. The molecule has 0 bridgehead atoms. The Labute approximate surface area is 217 Å². The van der Waals surface area contributed by atoms with Crippen LogP contribution in [0.25, 0.3) is 0 Å². The van der Waals surface area contributed by atoms with Gasteiger partial charge in [0, 0.05) is 35.9 Å². The number of nitrogens with zero attached hydrogens (tertiary/aromatic N) is 2. The van der Waals surface area contributed by atoms with Gasteiger partial charge in [0.05, 0.1) is 17.9 Å². The van der Waals surface area contributed by atoms with Gasteiger partial charge < -0.3 is 24.8 Å². The predicted molar refractivity (Wildman–Crippen MR) is 145 cm³/mol. The summed E-state index contributed by atoms with van der Waals surface area (Å²) in [6, 6.07) is 17.0. The van der Waals surface area contributed by atoms with Gasteiger partial charge in [0.15, 0.2) is 0 Å².